The van der Waals surface area contributed by atoms with Crippen molar-refractivity contribution in [3.63, 3.8) is 0 Å². The van der Waals surface area contributed by atoms with E-state index in [0.717, 1.165) is 36.6 Å². The van der Waals surface area contributed by atoms with Crippen LogP contribution in [0.2, 0.25) is 0 Å². The van der Waals surface area contributed by atoms with Gasteiger partial charge in [0.1, 0.15) is 5.76 Å². The lowest BCUT2D eigenvalue weighted by Gasteiger charge is -2.35. The van der Waals surface area contributed by atoms with E-state index >= 15 is 0 Å². The lowest BCUT2D eigenvalue weighted by atomic mass is 9.92. The van der Waals surface area contributed by atoms with Crippen molar-refractivity contribution in [3.8, 4) is 0 Å². The van der Waals surface area contributed by atoms with Crippen LogP contribution in [0.1, 0.15) is 52.7 Å². The van der Waals surface area contributed by atoms with E-state index in [-0.39, 0.29) is 29.4 Å². The Balaban J connectivity index is 0.00000338. The van der Waals surface area contributed by atoms with Crippen molar-refractivity contribution < 1.29 is 4.42 Å². The maximum atomic E-state index is 5.80. The summed E-state index contributed by atoms with van der Waals surface area (Å²) in [5, 5.41) is 6.65. The summed E-state index contributed by atoms with van der Waals surface area (Å²) in [6.45, 7) is 15.9. The van der Waals surface area contributed by atoms with Crippen molar-refractivity contribution in [2.24, 2.45) is 16.8 Å². The third-order valence-corrected chi connectivity index (χ3v) is 4.59. The maximum Gasteiger partial charge on any atom is 0.213 e. The highest BCUT2D eigenvalue weighted by atomic mass is 127. The Bertz CT molecular complexity index is 557. The summed E-state index contributed by atoms with van der Waals surface area (Å²) in [5.74, 6) is 3.97. The number of aliphatic imine (C=N–C) groups is 1. The van der Waals surface area contributed by atoms with Crippen molar-refractivity contribution in [2.45, 2.75) is 53.0 Å². The van der Waals surface area contributed by atoms with E-state index in [1.165, 1.54) is 19.5 Å². The highest BCUT2D eigenvalue weighted by Crippen LogP contribution is 2.22. The first-order valence-corrected chi connectivity index (χ1v) is 9.40. The number of rotatable bonds is 5. The summed E-state index contributed by atoms with van der Waals surface area (Å²) < 4.78 is 5.80. The first-order valence-electron chi connectivity index (χ1n) is 9.40. The van der Waals surface area contributed by atoms with Crippen molar-refractivity contribution in [1.29, 1.82) is 0 Å². The zero-order chi connectivity index (χ0) is 18.4. The molecule has 2 heterocycles. The van der Waals surface area contributed by atoms with Gasteiger partial charge >= 0.3 is 0 Å². The molecule has 2 N–H and O–H groups in total. The highest BCUT2D eigenvalue weighted by Gasteiger charge is 2.21. The number of nitrogens with zero attached hydrogens (tertiary/aromatic N) is 3. The Morgan fingerprint density at radius 3 is 2.46 bits per heavy atom. The third kappa shape index (κ3) is 7.42. The van der Waals surface area contributed by atoms with Crippen LogP contribution in [0.3, 0.4) is 0 Å². The summed E-state index contributed by atoms with van der Waals surface area (Å²) in [5.41, 5.74) is -0.0199. The third-order valence-electron chi connectivity index (χ3n) is 4.59. The molecule has 26 heavy (non-hydrogen) atoms. The first kappa shape index (κ1) is 23.2. The average Bonchev–Trinajstić information content (AvgIpc) is 2.99. The van der Waals surface area contributed by atoms with E-state index in [9.17, 15) is 0 Å². The molecule has 1 aliphatic rings. The fourth-order valence-corrected chi connectivity index (χ4v) is 3.43. The van der Waals surface area contributed by atoms with E-state index in [0.29, 0.717) is 12.4 Å². The number of piperidine rings is 1. The molecule has 0 amide bonds. The van der Waals surface area contributed by atoms with Gasteiger partial charge < -0.3 is 20.0 Å². The van der Waals surface area contributed by atoms with Crippen LogP contribution >= 0.6 is 24.0 Å². The summed E-state index contributed by atoms with van der Waals surface area (Å²) >= 11 is 0. The molecule has 2 unspecified atom stereocenters. The standard InChI is InChI=1S/C19H35N5O.HI/c1-14-9-15(2)13-24(12-14)8-7-21-18(20-6)23-11-17-22-10-16(25-17)19(3,4)5;/h10,14-15H,7-9,11-13H2,1-6H3,(H2,20,21,23);1H. The minimum atomic E-state index is -0.0199. The quantitative estimate of drug-likeness (QED) is 0.387. The number of likely N-dealkylation sites (tertiary alicyclic amines) is 1. The topological polar surface area (TPSA) is 65.7 Å². The fourth-order valence-electron chi connectivity index (χ4n) is 3.43. The van der Waals surface area contributed by atoms with Gasteiger partial charge in [-0.25, -0.2) is 4.98 Å². The molecule has 1 saturated heterocycles. The normalized spacial score (nSPS) is 22.0. The molecule has 0 aromatic carbocycles. The minimum absolute atomic E-state index is 0. The van der Waals surface area contributed by atoms with E-state index in [1.807, 2.05) is 6.20 Å². The van der Waals surface area contributed by atoms with Gasteiger partial charge in [0.2, 0.25) is 5.89 Å². The summed E-state index contributed by atoms with van der Waals surface area (Å²) in [7, 11) is 1.79. The predicted molar refractivity (Wildman–Crippen MR) is 118 cm³/mol. The van der Waals surface area contributed by atoms with Crippen molar-refractivity contribution in [3.05, 3.63) is 17.8 Å². The van der Waals surface area contributed by atoms with Gasteiger partial charge in [0.25, 0.3) is 0 Å². The molecular weight excluding hydrogens is 441 g/mol. The molecule has 1 fully saturated rings. The molecule has 2 atom stereocenters. The average molecular weight is 477 g/mol. The van der Waals surface area contributed by atoms with Gasteiger partial charge in [-0.1, -0.05) is 34.6 Å². The van der Waals surface area contributed by atoms with Gasteiger partial charge in [-0.15, -0.1) is 24.0 Å². The van der Waals surface area contributed by atoms with E-state index < -0.39 is 0 Å². The zero-order valence-corrected chi connectivity index (χ0v) is 19.5. The number of hydrogen-bond donors (Lipinski definition) is 2. The molecule has 1 aromatic heterocycles. The van der Waals surface area contributed by atoms with Crippen molar-refractivity contribution >= 4 is 29.9 Å². The zero-order valence-electron chi connectivity index (χ0n) is 17.1. The molecule has 1 aromatic rings. The second-order valence-corrected chi connectivity index (χ2v) is 8.43. The Morgan fingerprint density at radius 2 is 1.92 bits per heavy atom. The molecule has 0 saturated carbocycles. The Labute approximate surface area is 175 Å². The van der Waals surface area contributed by atoms with E-state index in [2.05, 4.69) is 60.1 Å². The summed E-state index contributed by atoms with van der Waals surface area (Å²) in [6, 6.07) is 0. The van der Waals surface area contributed by atoms with Gasteiger partial charge in [-0.05, 0) is 18.3 Å². The lowest BCUT2D eigenvalue weighted by molar-refractivity contribution is 0.143. The number of oxazole rings is 1. The summed E-state index contributed by atoms with van der Waals surface area (Å²) in [4.78, 5) is 11.2. The van der Waals surface area contributed by atoms with Crippen molar-refractivity contribution in [2.75, 3.05) is 33.2 Å². The number of halogens is 1. The highest BCUT2D eigenvalue weighted by molar-refractivity contribution is 14.0. The molecule has 150 valence electrons. The maximum absolute atomic E-state index is 5.80. The van der Waals surface area contributed by atoms with Crippen LogP contribution in [0.25, 0.3) is 0 Å². The molecule has 0 bridgehead atoms. The Hall–Kier alpha value is -0.830. The summed E-state index contributed by atoms with van der Waals surface area (Å²) in [6.07, 6.45) is 3.16. The minimum Gasteiger partial charge on any atom is -0.443 e. The van der Waals surface area contributed by atoms with Crippen LogP contribution in [-0.4, -0.2) is 49.1 Å². The number of hydrogen-bond acceptors (Lipinski definition) is 4. The fraction of sp³-hybridized carbons (Fsp3) is 0.789. The van der Waals surface area contributed by atoms with Crippen LogP contribution in [0, 0.1) is 11.8 Å². The largest absolute Gasteiger partial charge is 0.443 e. The second kappa shape index (κ2) is 10.5. The Morgan fingerprint density at radius 1 is 1.27 bits per heavy atom. The molecule has 6 nitrogen and oxygen atoms in total. The van der Waals surface area contributed by atoms with E-state index in [4.69, 9.17) is 4.42 Å². The van der Waals surface area contributed by atoms with E-state index in [1.54, 1.807) is 7.05 Å². The van der Waals surface area contributed by atoms with Crippen LogP contribution in [0.4, 0.5) is 0 Å². The van der Waals surface area contributed by atoms with Crippen LogP contribution in [0.15, 0.2) is 15.6 Å². The molecule has 1 aliphatic heterocycles. The van der Waals surface area contributed by atoms with Crippen LogP contribution in [0.5, 0.6) is 0 Å². The Kier molecular flexibility index (Phi) is 9.36. The van der Waals surface area contributed by atoms with Gasteiger partial charge in [-0.3, -0.25) is 4.99 Å². The molecular formula is C19H36IN5O. The van der Waals surface area contributed by atoms with Gasteiger partial charge in [-0.2, -0.15) is 0 Å². The SMILES string of the molecule is CN=C(NCCN1CC(C)CC(C)C1)NCc1ncc(C(C)(C)C)o1.I. The molecule has 0 aliphatic carbocycles. The molecule has 2 rings (SSSR count). The smallest absolute Gasteiger partial charge is 0.213 e. The molecule has 7 heteroatoms. The van der Waals surface area contributed by atoms with Crippen molar-refractivity contribution in [1.82, 2.24) is 20.5 Å². The number of aromatic nitrogens is 1. The van der Waals surface area contributed by atoms with Crippen LogP contribution < -0.4 is 10.6 Å². The van der Waals surface area contributed by atoms with Gasteiger partial charge in [0.15, 0.2) is 5.96 Å². The number of guanidine groups is 1. The molecule has 0 radical (unpaired) electrons. The van der Waals surface area contributed by atoms with Gasteiger partial charge in [0, 0.05) is 38.6 Å². The lowest BCUT2D eigenvalue weighted by Crippen LogP contribution is -2.45. The molecule has 0 spiro atoms. The number of nitrogens with one attached hydrogen (secondary N) is 2. The predicted octanol–water partition coefficient (Wildman–Crippen LogP) is 3.23. The monoisotopic (exact) mass is 477 g/mol. The van der Waals surface area contributed by atoms with Gasteiger partial charge in [0.05, 0.1) is 12.7 Å². The first-order chi connectivity index (χ1) is 11.8. The van der Waals surface area contributed by atoms with Crippen LogP contribution in [-0.2, 0) is 12.0 Å². The second-order valence-electron chi connectivity index (χ2n) is 8.43.